The molecule has 0 aliphatic carbocycles. The number of carbonyl (C=O) groups is 2. The van der Waals surface area contributed by atoms with Gasteiger partial charge in [0.15, 0.2) is 5.92 Å². The molecule has 2 aromatic rings. The van der Waals surface area contributed by atoms with Crippen molar-refractivity contribution in [3.8, 4) is 0 Å². The summed E-state index contributed by atoms with van der Waals surface area (Å²) in [6.07, 6.45) is -0.293. The van der Waals surface area contributed by atoms with Crippen LogP contribution >= 0.6 is 0 Å². The van der Waals surface area contributed by atoms with Gasteiger partial charge in [-0.3, -0.25) is 19.7 Å². The second-order valence-corrected chi connectivity index (χ2v) is 5.30. The number of ether oxygens (including phenoxy) is 2. The highest BCUT2D eigenvalue weighted by atomic mass is 16.6. The molecule has 0 saturated heterocycles. The van der Waals surface area contributed by atoms with Crippen molar-refractivity contribution < 1.29 is 28.4 Å². The lowest BCUT2D eigenvalue weighted by molar-refractivity contribution is -0.384. The van der Waals surface area contributed by atoms with Gasteiger partial charge in [0.1, 0.15) is 5.58 Å². The molecule has 0 amide bonds. The number of nitro benzene ring substituents is 1. The maximum atomic E-state index is 12.1. The summed E-state index contributed by atoms with van der Waals surface area (Å²) in [4.78, 5) is 46.5. The first-order valence-corrected chi connectivity index (χ1v) is 7.91. The van der Waals surface area contributed by atoms with E-state index in [1.54, 1.807) is 13.8 Å². The Morgan fingerprint density at radius 1 is 1.15 bits per heavy atom. The lowest BCUT2D eigenvalue weighted by Gasteiger charge is -2.14. The van der Waals surface area contributed by atoms with Crippen LogP contribution < -0.4 is 5.63 Å². The molecule has 1 aromatic carbocycles. The van der Waals surface area contributed by atoms with E-state index in [4.69, 9.17) is 13.9 Å². The first-order chi connectivity index (χ1) is 12.4. The quantitative estimate of drug-likeness (QED) is 0.240. The number of carbonyl (C=O) groups excluding carboxylic acids is 2. The Labute approximate surface area is 147 Å². The average Bonchev–Trinajstić information content (AvgIpc) is 2.59. The van der Waals surface area contributed by atoms with Crippen LogP contribution in [0.3, 0.4) is 0 Å². The van der Waals surface area contributed by atoms with Crippen LogP contribution in [0.1, 0.15) is 19.4 Å². The topological polar surface area (TPSA) is 126 Å². The number of esters is 2. The standard InChI is InChI=1S/C17H17NO8/c1-3-24-16(20)13(17(21)25-4-2)9-11-7-10-8-12(18(22)23)5-6-14(10)26-15(11)19/h5-8,13H,3-4,9H2,1-2H3. The number of benzene rings is 1. The zero-order chi connectivity index (χ0) is 19.3. The monoisotopic (exact) mass is 363 g/mol. The SMILES string of the molecule is CCOC(=O)C(Cc1cc2cc([N+](=O)[O-])ccc2oc1=O)C(=O)OCC. The number of hydrogen-bond donors (Lipinski definition) is 0. The van der Waals surface area contributed by atoms with Crippen LogP contribution in [0.4, 0.5) is 5.69 Å². The van der Waals surface area contributed by atoms with E-state index in [0.29, 0.717) is 5.39 Å². The van der Waals surface area contributed by atoms with Crippen LogP contribution in [-0.4, -0.2) is 30.1 Å². The van der Waals surface area contributed by atoms with E-state index in [2.05, 4.69) is 0 Å². The Bertz CT molecular complexity index is 883. The Morgan fingerprint density at radius 3 is 2.31 bits per heavy atom. The molecule has 138 valence electrons. The number of fused-ring (bicyclic) bond motifs is 1. The highest BCUT2D eigenvalue weighted by Crippen LogP contribution is 2.21. The second-order valence-electron chi connectivity index (χ2n) is 5.30. The van der Waals surface area contributed by atoms with Crippen LogP contribution in [0.5, 0.6) is 0 Å². The number of nitrogens with zero attached hydrogens (tertiary/aromatic N) is 1. The molecular weight excluding hydrogens is 346 g/mol. The van der Waals surface area contributed by atoms with Crippen molar-refractivity contribution in [1.29, 1.82) is 0 Å². The van der Waals surface area contributed by atoms with Gasteiger partial charge in [-0.1, -0.05) is 0 Å². The van der Waals surface area contributed by atoms with Gasteiger partial charge in [-0.15, -0.1) is 0 Å². The molecule has 0 saturated carbocycles. The molecule has 9 nitrogen and oxygen atoms in total. The zero-order valence-corrected chi connectivity index (χ0v) is 14.2. The molecule has 2 rings (SSSR count). The number of nitro groups is 1. The lowest BCUT2D eigenvalue weighted by Crippen LogP contribution is -2.31. The molecule has 0 atom stereocenters. The van der Waals surface area contributed by atoms with Gasteiger partial charge in [0.2, 0.25) is 0 Å². The smallest absolute Gasteiger partial charge is 0.339 e. The van der Waals surface area contributed by atoms with E-state index in [1.165, 1.54) is 24.3 Å². The van der Waals surface area contributed by atoms with Gasteiger partial charge in [-0.25, -0.2) is 4.79 Å². The van der Waals surface area contributed by atoms with Gasteiger partial charge in [-0.2, -0.15) is 0 Å². The summed E-state index contributed by atoms with van der Waals surface area (Å²) in [5.41, 5.74) is -0.744. The van der Waals surface area contributed by atoms with Gasteiger partial charge in [-0.05, 0) is 26.0 Å². The number of rotatable bonds is 7. The molecule has 26 heavy (non-hydrogen) atoms. The summed E-state index contributed by atoms with van der Waals surface area (Å²) in [6.45, 7) is 3.30. The first kappa shape index (κ1) is 19.1. The van der Waals surface area contributed by atoms with Crippen LogP contribution in [0.2, 0.25) is 0 Å². The average molecular weight is 363 g/mol. The highest BCUT2D eigenvalue weighted by Gasteiger charge is 2.31. The van der Waals surface area contributed by atoms with Crippen molar-refractivity contribution in [3.63, 3.8) is 0 Å². The fourth-order valence-corrected chi connectivity index (χ4v) is 2.38. The van der Waals surface area contributed by atoms with Gasteiger partial charge in [0.25, 0.3) is 5.69 Å². The van der Waals surface area contributed by atoms with E-state index in [0.717, 1.165) is 0 Å². The van der Waals surface area contributed by atoms with Gasteiger partial charge in [0.05, 0.1) is 18.1 Å². The highest BCUT2D eigenvalue weighted by molar-refractivity contribution is 5.95. The van der Waals surface area contributed by atoms with Crippen LogP contribution in [0, 0.1) is 16.0 Å². The first-order valence-electron chi connectivity index (χ1n) is 7.91. The molecule has 0 unspecified atom stereocenters. The Morgan fingerprint density at radius 2 is 1.77 bits per heavy atom. The minimum Gasteiger partial charge on any atom is -0.465 e. The summed E-state index contributed by atoms with van der Waals surface area (Å²) in [6, 6.07) is 5.13. The molecule has 0 N–H and O–H groups in total. The second kappa shape index (κ2) is 8.24. The number of hydrogen-bond acceptors (Lipinski definition) is 8. The molecule has 9 heteroatoms. The van der Waals surface area contributed by atoms with Crippen molar-refractivity contribution in [2.45, 2.75) is 20.3 Å². The van der Waals surface area contributed by atoms with Crippen LogP contribution in [-0.2, 0) is 25.5 Å². The molecule has 0 fully saturated rings. The summed E-state index contributed by atoms with van der Waals surface area (Å²) in [5, 5.41) is 11.2. The predicted molar refractivity (Wildman–Crippen MR) is 89.6 cm³/mol. The Hall–Kier alpha value is -3.23. The normalized spacial score (nSPS) is 10.7. The van der Waals surface area contributed by atoms with E-state index in [9.17, 15) is 24.5 Å². The van der Waals surface area contributed by atoms with E-state index >= 15 is 0 Å². The van der Waals surface area contributed by atoms with E-state index in [1.807, 2.05) is 0 Å². The van der Waals surface area contributed by atoms with Crippen molar-refractivity contribution >= 4 is 28.6 Å². The van der Waals surface area contributed by atoms with Gasteiger partial charge in [0, 0.05) is 29.5 Å². The van der Waals surface area contributed by atoms with Crippen LogP contribution in [0.25, 0.3) is 11.0 Å². The zero-order valence-electron chi connectivity index (χ0n) is 14.2. The molecule has 0 bridgehead atoms. The summed E-state index contributed by atoms with van der Waals surface area (Å²) >= 11 is 0. The fourth-order valence-electron chi connectivity index (χ4n) is 2.38. The molecule has 0 radical (unpaired) electrons. The third-order valence-corrected chi connectivity index (χ3v) is 3.57. The van der Waals surface area contributed by atoms with Gasteiger partial charge < -0.3 is 13.9 Å². The number of non-ortho nitro benzene ring substituents is 1. The van der Waals surface area contributed by atoms with Crippen molar-refractivity contribution in [3.05, 3.63) is 50.4 Å². The minimum atomic E-state index is -1.33. The van der Waals surface area contributed by atoms with Gasteiger partial charge >= 0.3 is 17.6 Å². The van der Waals surface area contributed by atoms with Crippen molar-refractivity contribution in [1.82, 2.24) is 0 Å². The molecule has 1 aromatic heterocycles. The summed E-state index contributed by atoms with van der Waals surface area (Å²) in [5.74, 6) is -2.96. The minimum absolute atomic E-state index is 0.0177. The fraction of sp³-hybridized carbons (Fsp3) is 0.353. The molecule has 0 aliphatic heterocycles. The van der Waals surface area contributed by atoms with E-state index < -0.39 is 28.4 Å². The molecule has 1 heterocycles. The molecule has 0 spiro atoms. The maximum Gasteiger partial charge on any atom is 0.339 e. The largest absolute Gasteiger partial charge is 0.465 e. The van der Waals surface area contributed by atoms with Crippen molar-refractivity contribution in [2.24, 2.45) is 5.92 Å². The maximum absolute atomic E-state index is 12.1. The summed E-state index contributed by atoms with van der Waals surface area (Å²) in [7, 11) is 0. The van der Waals surface area contributed by atoms with Crippen molar-refractivity contribution in [2.75, 3.05) is 13.2 Å². The molecule has 0 aliphatic rings. The predicted octanol–water partition coefficient (Wildman–Crippen LogP) is 1.99. The third-order valence-electron chi connectivity index (χ3n) is 3.57. The lowest BCUT2D eigenvalue weighted by atomic mass is 9.99. The van der Waals surface area contributed by atoms with E-state index in [-0.39, 0.29) is 36.5 Å². The van der Waals surface area contributed by atoms with Crippen LogP contribution in [0.15, 0.2) is 33.5 Å². The Kier molecular flexibility index (Phi) is 6.05. The Balaban J connectivity index is 2.43. The third kappa shape index (κ3) is 4.24. The summed E-state index contributed by atoms with van der Waals surface area (Å²) < 4.78 is 14.8. The molecular formula is C17H17NO8.